The van der Waals surface area contributed by atoms with E-state index < -0.39 is 0 Å². The molecule has 0 aromatic heterocycles. The molecule has 0 spiro atoms. The molecule has 1 rings (SSSR count). The lowest BCUT2D eigenvalue weighted by molar-refractivity contribution is 0.529. The SMILES string of the molecule is CC(C)(C#N)CNc1ccc(Br)cc1. The third-order valence-electron chi connectivity index (χ3n) is 1.88. The molecule has 0 amide bonds. The fourth-order valence-electron chi connectivity index (χ4n) is 0.930. The second-order valence-corrected chi connectivity index (χ2v) is 4.77. The van der Waals surface area contributed by atoms with Crippen LogP contribution in [0.2, 0.25) is 0 Å². The van der Waals surface area contributed by atoms with Crippen molar-refractivity contribution in [3.8, 4) is 6.07 Å². The highest BCUT2D eigenvalue weighted by molar-refractivity contribution is 9.10. The lowest BCUT2D eigenvalue weighted by atomic mass is 9.96. The van der Waals surface area contributed by atoms with Crippen LogP contribution in [0.1, 0.15) is 13.8 Å². The van der Waals surface area contributed by atoms with Gasteiger partial charge in [0.15, 0.2) is 0 Å². The molecule has 2 nitrogen and oxygen atoms in total. The third kappa shape index (κ3) is 3.39. The number of nitrogens with zero attached hydrogens (tertiary/aromatic N) is 1. The van der Waals surface area contributed by atoms with Crippen molar-refractivity contribution < 1.29 is 0 Å². The molecule has 0 aliphatic heterocycles. The Labute approximate surface area is 93.1 Å². The summed E-state index contributed by atoms with van der Waals surface area (Å²) in [5.74, 6) is 0. The fraction of sp³-hybridized carbons (Fsp3) is 0.364. The molecule has 0 unspecified atom stereocenters. The average Bonchev–Trinajstić information content (AvgIpc) is 2.17. The van der Waals surface area contributed by atoms with E-state index in [1.165, 1.54) is 0 Å². The van der Waals surface area contributed by atoms with Crippen molar-refractivity contribution in [1.82, 2.24) is 0 Å². The Morgan fingerprint density at radius 2 is 1.93 bits per heavy atom. The van der Waals surface area contributed by atoms with E-state index in [4.69, 9.17) is 5.26 Å². The van der Waals surface area contributed by atoms with Crippen molar-refractivity contribution in [2.24, 2.45) is 5.41 Å². The van der Waals surface area contributed by atoms with Crippen molar-refractivity contribution in [2.75, 3.05) is 11.9 Å². The maximum Gasteiger partial charge on any atom is 0.0702 e. The first-order valence-electron chi connectivity index (χ1n) is 4.44. The minimum Gasteiger partial charge on any atom is -0.383 e. The molecule has 0 atom stereocenters. The Kier molecular flexibility index (Phi) is 3.54. The molecule has 74 valence electrons. The molecule has 1 N–H and O–H groups in total. The smallest absolute Gasteiger partial charge is 0.0702 e. The van der Waals surface area contributed by atoms with E-state index in [1.807, 2.05) is 38.1 Å². The minimum absolute atomic E-state index is 0.326. The van der Waals surface area contributed by atoms with E-state index in [2.05, 4.69) is 27.3 Å². The highest BCUT2D eigenvalue weighted by Crippen LogP contribution is 2.17. The summed E-state index contributed by atoms with van der Waals surface area (Å²) in [5, 5.41) is 12.0. The molecule has 0 bridgehead atoms. The van der Waals surface area contributed by atoms with Gasteiger partial charge in [-0.2, -0.15) is 5.26 Å². The number of hydrogen-bond acceptors (Lipinski definition) is 2. The molecule has 14 heavy (non-hydrogen) atoms. The summed E-state index contributed by atoms with van der Waals surface area (Å²) in [4.78, 5) is 0. The van der Waals surface area contributed by atoms with Gasteiger partial charge in [0.2, 0.25) is 0 Å². The number of hydrogen-bond donors (Lipinski definition) is 1. The van der Waals surface area contributed by atoms with Gasteiger partial charge in [-0.15, -0.1) is 0 Å². The topological polar surface area (TPSA) is 35.8 Å². The van der Waals surface area contributed by atoms with E-state index in [0.717, 1.165) is 10.2 Å². The summed E-state index contributed by atoms with van der Waals surface area (Å²) in [7, 11) is 0. The summed E-state index contributed by atoms with van der Waals surface area (Å²) in [5.41, 5.74) is 0.712. The highest BCUT2D eigenvalue weighted by Gasteiger charge is 2.15. The van der Waals surface area contributed by atoms with Crippen molar-refractivity contribution in [3.63, 3.8) is 0 Å². The van der Waals surface area contributed by atoms with Gasteiger partial charge >= 0.3 is 0 Å². The first-order chi connectivity index (χ1) is 6.53. The lowest BCUT2D eigenvalue weighted by Gasteiger charge is -2.16. The van der Waals surface area contributed by atoms with Crippen LogP contribution in [0.5, 0.6) is 0 Å². The standard InChI is InChI=1S/C11H13BrN2/c1-11(2,7-13)8-14-10-5-3-9(12)4-6-10/h3-6,14H,8H2,1-2H3. The van der Waals surface area contributed by atoms with Gasteiger partial charge in [-0.3, -0.25) is 0 Å². The molecule has 0 saturated carbocycles. The van der Waals surface area contributed by atoms with Gasteiger partial charge in [0, 0.05) is 16.7 Å². The summed E-state index contributed by atoms with van der Waals surface area (Å²) < 4.78 is 1.06. The Morgan fingerprint density at radius 3 is 2.43 bits per heavy atom. The molecule has 0 fully saturated rings. The van der Waals surface area contributed by atoms with Gasteiger partial charge in [-0.1, -0.05) is 15.9 Å². The molecular weight excluding hydrogens is 240 g/mol. The van der Waals surface area contributed by atoms with E-state index in [0.29, 0.717) is 6.54 Å². The van der Waals surface area contributed by atoms with Gasteiger partial charge in [0.05, 0.1) is 11.5 Å². The summed E-state index contributed by atoms with van der Waals surface area (Å²) in [6.07, 6.45) is 0. The van der Waals surface area contributed by atoms with Crippen molar-refractivity contribution in [3.05, 3.63) is 28.7 Å². The average molecular weight is 253 g/mol. The number of nitrogens with one attached hydrogen (secondary N) is 1. The zero-order chi connectivity index (χ0) is 10.6. The number of halogens is 1. The second-order valence-electron chi connectivity index (χ2n) is 3.86. The quantitative estimate of drug-likeness (QED) is 0.895. The molecular formula is C11H13BrN2. The van der Waals surface area contributed by atoms with E-state index in [9.17, 15) is 0 Å². The zero-order valence-corrected chi connectivity index (χ0v) is 9.93. The van der Waals surface area contributed by atoms with Crippen LogP contribution in [0.15, 0.2) is 28.7 Å². The Hall–Kier alpha value is -1.01. The monoisotopic (exact) mass is 252 g/mol. The molecule has 0 radical (unpaired) electrons. The number of benzene rings is 1. The Bertz CT molecular complexity index is 335. The first kappa shape index (κ1) is 11.1. The third-order valence-corrected chi connectivity index (χ3v) is 2.41. The molecule has 0 aliphatic carbocycles. The lowest BCUT2D eigenvalue weighted by Crippen LogP contribution is -2.20. The van der Waals surface area contributed by atoms with Crippen LogP contribution < -0.4 is 5.32 Å². The normalized spacial score (nSPS) is 10.7. The van der Waals surface area contributed by atoms with Crippen LogP contribution in [0.25, 0.3) is 0 Å². The largest absolute Gasteiger partial charge is 0.383 e. The molecule has 0 saturated heterocycles. The number of rotatable bonds is 3. The molecule has 0 heterocycles. The van der Waals surface area contributed by atoms with Crippen molar-refractivity contribution in [1.29, 1.82) is 5.26 Å². The van der Waals surface area contributed by atoms with E-state index in [-0.39, 0.29) is 5.41 Å². The van der Waals surface area contributed by atoms with Gasteiger partial charge < -0.3 is 5.32 Å². The predicted molar refractivity (Wildman–Crippen MR) is 62.0 cm³/mol. The predicted octanol–water partition coefficient (Wildman–Crippen LogP) is 3.41. The van der Waals surface area contributed by atoms with Crippen LogP contribution in [0, 0.1) is 16.7 Å². The molecule has 1 aromatic rings. The fourth-order valence-corrected chi connectivity index (χ4v) is 1.19. The summed E-state index contributed by atoms with van der Waals surface area (Å²) in [6, 6.07) is 10.2. The maximum absolute atomic E-state index is 8.82. The maximum atomic E-state index is 8.82. The van der Waals surface area contributed by atoms with Gasteiger partial charge in [-0.25, -0.2) is 0 Å². The number of nitriles is 1. The Balaban J connectivity index is 2.55. The Morgan fingerprint density at radius 1 is 1.36 bits per heavy atom. The summed E-state index contributed by atoms with van der Waals surface area (Å²) >= 11 is 3.37. The summed E-state index contributed by atoms with van der Waals surface area (Å²) in [6.45, 7) is 4.49. The van der Waals surface area contributed by atoms with E-state index >= 15 is 0 Å². The van der Waals surface area contributed by atoms with Crippen LogP contribution in [-0.4, -0.2) is 6.54 Å². The van der Waals surface area contributed by atoms with Crippen molar-refractivity contribution >= 4 is 21.6 Å². The number of anilines is 1. The zero-order valence-electron chi connectivity index (χ0n) is 8.34. The van der Waals surface area contributed by atoms with Gasteiger partial charge in [0.25, 0.3) is 0 Å². The van der Waals surface area contributed by atoms with Crippen LogP contribution in [0.3, 0.4) is 0 Å². The van der Waals surface area contributed by atoms with Crippen molar-refractivity contribution in [2.45, 2.75) is 13.8 Å². The first-order valence-corrected chi connectivity index (χ1v) is 5.23. The van der Waals surface area contributed by atoms with Crippen LogP contribution in [-0.2, 0) is 0 Å². The van der Waals surface area contributed by atoms with Gasteiger partial charge in [-0.05, 0) is 38.1 Å². The second kappa shape index (κ2) is 4.47. The van der Waals surface area contributed by atoms with Crippen LogP contribution >= 0.6 is 15.9 Å². The van der Waals surface area contributed by atoms with Gasteiger partial charge in [0.1, 0.15) is 0 Å². The minimum atomic E-state index is -0.326. The van der Waals surface area contributed by atoms with E-state index in [1.54, 1.807) is 0 Å². The molecule has 3 heteroatoms. The molecule has 1 aromatic carbocycles. The molecule has 0 aliphatic rings. The van der Waals surface area contributed by atoms with Crippen LogP contribution in [0.4, 0.5) is 5.69 Å². The highest BCUT2D eigenvalue weighted by atomic mass is 79.9.